The van der Waals surface area contributed by atoms with Crippen molar-refractivity contribution in [2.45, 2.75) is 32.4 Å². The number of ether oxygens (including phenoxy) is 2. The minimum atomic E-state index is -1.76. The number of carbonyl (C=O) groups is 3. The number of carboxylic acid groups (broad SMARTS) is 1. The van der Waals surface area contributed by atoms with Crippen molar-refractivity contribution in [3.05, 3.63) is 0 Å². The third kappa shape index (κ3) is 5.18. The lowest BCUT2D eigenvalue weighted by Gasteiger charge is -2.21. The van der Waals surface area contributed by atoms with Gasteiger partial charge in [-0.05, 0) is 20.8 Å². The first-order chi connectivity index (χ1) is 7.17. The summed E-state index contributed by atoms with van der Waals surface area (Å²) in [4.78, 5) is 32.8. The average Bonchev–Trinajstić information content (AvgIpc) is 2.09. The predicted octanol–water partition coefficient (Wildman–Crippen LogP) is 0.137. The highest BCUT2D eigenvalue weighted by Gasteiger charge is 2.30. The Labute approximate surface area is 92.7 Å². The van der Waals surface area contributed by atoms with Crippen molar-refractivity contribution < 1.29 is 29.0 Å². The molecule has 0 bridgehead atoms. The van der Waals surface area contributed by atoms with E-state index in [1.54, 1.807) is 20.8 Å². The first-order valence-electron chi connectivity index (χ1n) is 4.47. The zero-order chi connectivity index (χ0) is 12.9. The van der Waals surface area contributed by atoms with Crippen LogP contribution >= 0.6 is 0 Å². The van der Waals surface area contributed by atoms with E-state index in [4.69, 9.17) is 9.84 Å². The summed E-state index contributed by atoms with van der Waals surface area (Å²) in [5.41, 5.74) is -0.775. The molecule has 7 nitrogen and oxygen atoms in total. The third-order valence-electron chi connectivity index (χ3n) is 1.34. The third-order valence-corrected chi connectivity index (χ3v) is 1.34. The van der Waals surface area contributed by atoms with Crippen LogP contribution in [0.3, 0.4) is 0 Å². The Morgan fingerprint density at radius 2 is 1.75 bits per heavy atom. The Hall–Kier alpha value is -1.79. The van der Waals surface area contributed by atoms with Crippen molar-refractivity contribution >= 4 is 18.0 Å². The van der Waals surface area contributed by atoms with E-state index in [0.717, 1.165) is 7.11 Å². The Kier molecular flexibility index (Phi) is 4.74. The van der Waals surface area contributed by atoms with Gasteiger partial charge in [0.2, 0.25) is 6.04 Å². The summed E-state index contributed by atoms with van der Waals surface area (Å²) >= 11 is 0. The van der Waals surface area contributed by atoms with Crippen molar-refractivity contribution in [1.29, 1.82) is 0 Å². The maximum Gasteiger partial charge on any atom is 0.408 e. The second kappa shape index (κ2) is 5.34. The maximum absolute atomic E-state index is 11.2. The number of alkyl carbamates (subject to hydrolysis) is 1. The van der Waals surface area contributed by atoms with Crippen LogP contribution < -0.4 is 5.32 Å². The van der Waals surface area contributed by atoms with Crippen LogP contribution in [0.5, 0.6) is 0 Å². The number of rotatable bonds is 3. The van der Waals surface area contributed by atoms with Crippen molar-refractivity contribution in [2.75, 3.05) is 7.11 Å². The van der Waals surface area contributed by atoms with Gasteiger partial charge in [-0.3, -0.25) is 5.32 Å². The van der Waals surface area contributed by atoms with Gasteiger partial charge in [0.1, 0.15) is 5.60 Å². The molecule has 1 amide bonds. The summed E-state index contributed by atoms with van der Waals surface area (Å²) in [6, 6.07) is -1.76. The molecular formula is C9H15NO6. The fraction of sp³-hybridized carbons (Fsp3) is 0.667. The van der Waals surface area contributed by atoms with Gasteiger partial charge in [0.15, 0.2) is 0 Å². The first kappa shape index (κ1) is 14.2. The maximum atomic E-state index is 11.2. The van der Waals surface area contributed by atoms with Crippen molar-refractivity contribution in [1.82, 2.24) is 5.32 Å². The van der Waals surface area contributed by atoms with E-state index in [-0.39, 0.29) is 0 Å². The fourth-order valence-corrected chi connectivity index (χ4v) is 0.765. The van der Waals surface area contributed by atoms with Gasteiger partial charge in [0.05, 0.1) is 7.11 Å². The van der Waals surface area contributed by atoms with Crippen LogP contribution in [0.4, 0.5) is 4.79 Å². The molecule has 2 N–H and O–H groups in total. The fourth-order valence-electron chi connectivity index (χ4n) is 0.765. The largest absolute Gasteiger partial charge is 0.479 e. The number of nitrogens with one attached hydrogen (secondary N) is 1. The van der Waals surface area contributed by atoms with Gasteiger partial charge in [-0.15, -0.1) is 0 Å². The molecule has 0 saturated heterocycles. The molecule has 0 aromatic heterocycles. The molecule has 0 fully saturated rings. The molecule has 0 spiro atoms. The van der Waals surface area contributed by atoms with Gasteiger partial charge in [-0.1, -0.05) is 0 Å². The van der Waals surface area contributed by atoms with E-state index in [2.05, 4.69) is 4.74 Å². The summed E-state index contributed by atoms with van der Waals surface area (Å²) in [7, 11) is 1.02. The number of esters is 1. The van der Waals surface area contributed by atoms with E-state index < -0.39 is 29.7 Å². The molecule has 0 aromatic rings. The van der Waals surface area contributed by atoms with Crippen LogP contribution in [-0.2, 0) is 19.1 Å². The molecule has 0 unspecified atom stereocenters. The Bertz CT molecular complexity index is 293. The van der Waals surface area contributed by atoms with Crippen LogP contribution in [0.2, 0.25) is 0 Å². The molecule has 0 aliphatic heterocycles. The number of carboxylic acids is 1. The Morgan fingerprint density at radius 3 is 2.06 bits per heavy atom. The van der Waals surface area contributed by atoms with Crippen LogP contribution in [-0.4, -0.2) is 41.9 Å². The van der Waals surface area contributed by atoms with E-state index in [0.29, 0.717) is 0 Å². The van der Waals surface area contributed by atoms with Crippen LogP contribution in [0, 0.1) is 0 Å². The Morgan fingerprint density at radius 1 is 1.25 bits per heavy atom. The number of amides is 1. The molecule has 7 heteroatoms. The highest BCUT2D eigenvalue weighted by atomic mass is 16.6. The lowest BCUT2D eigenvalue weighted by atomic mass is 10.2. The highest BCUT2D eigenvalue weighted by Crippen LogP contribution is 2.06. The van der Waals surface area contributed by atoms with E-state index in [1.165, 1.54) is 0 Å². The number of methoxy groups -OCH3 is 1. The molecule has 92 valence electrons. The predicted molar refractivity (Wildman–Crippen MR) is 52.8 cm³/mol. The van der Waals surface area contributed by atoms with Crippen LogP contribution in [0.1, 0.15) is 20.8 Å². The van der Waals surface area contributed by atoms with Gasteiger partial charge in [0, 0.05) is 0 Å². The van der Waals surface area contributed by atoms with Gasteiger partial charge >= 0.3 is 18.0 Å². The molecule has 0 heterocycles. The second-order valence-corrected chi connectivity index (χ2v) is 3.94. The molecular weight excluding hydrogens is 218 g/mol. The summed E-state index contributed by atoms with van der Waals surface area (Å²) in [6.45, 7) is 4.83. The van der Waals surface area contributed by atoms with E-state index in [1.807, 2.05) is 5.32 Å². The smallest absolute Gasteiger partial charge is 0.408 e. The number of hydrogen-bond donors (Lipinski definition) is 2. The van der Waals surface area contributed by atoms with Crippen LogP contribution in [0.15, 0.2) is 0 Å². The number of aliphatic carboxylic acids is 1. The lowest BCUT2D eigenvalue weighted by Crippen LogP contribution is -2.48. The molecule has 0 aliphatic rings. The average molecular weight is 233 g/mol. The molecule has 0 aliphatic carbocycles. The molecule has 16 heavy (non-hydrogen) atoms. The standard InChI is InChI=1S/C9H15NO6/c1-9(2,3)16-8(14)10-5(6(11)12)7(13)15-4/h5H,1-4H3,(H,10,14)(H,11,12)/t5-/m0/s1. The quantitative estimate of drug-likeness (QED) is 0.531. The SMILES string of the molecule is COC(=O)[C@@H](NC(=O)OC(C)(C)C)C(=O)O. The topological polar surface area (TPSA) is 102 Å². The molecule has 0 radical (unpaired) electrons. The summed E-state index contributed by atoms with van der Waals surface area (Å²) in [5, 5.41) is 10.5. The van der Waals surface area contributed by atoms with Gasteiger partial charge in [-0.2, -0.15) is 0 Å². The molecule has 1 atom stereocenters. The first-order valence-corrected chi connectivity index (χ1v) is 4.47. The second-order valence-electron chi connectivity index (χ2n) is 3.94. The molecule has 0 rings (SSSR count). The number of hydrogen-bond acceptors (Lipinski definition) is 5. The van der Waals surface area contributed by atoms with Crippen molar-refractivity contribution in [3.8, 4) is 0 Å². The lowest BCUT2D eigenvalue weighted by molar-refractivity contribution is -0.153. The van der Waals surface area contributed by atoms with E-state index >= 15 is 0 Å². The zero-order valence-corrected chi connectivity index (χ0v) is 9.57. The minimum absolute atomic E-state index is 0.775. The van der Waals surface area contributed by atoms with Gasteiger partial charge in [-0.25, -0.2) is 14.4 Å². The normalized spacial score (nSPS) is 12.5. The van der Waals surface area contributed by atoms with Gasteiger partial charge in [0.25, 0.3) is 0 Å². The molecule has 0 saturated carbocycles. The summed E-state index contributed by atoms with van der Waals surface area (Å²) in [6.07, 6.45) is -0.995. The minimum Gasteiger partial charge on any atom is -0.479 e. The summed E-state index contributed by atoms with van der Waals surface area (Å²) in [5.74, 6) is -2.59. The highest BCUT2D eigenvalue weighted by molar-refractivity contribution is 6.00. The van der Waals surface area contributed by atoms with Crippen molar-refractivity contribution in [3.63, 3.8) is 0 Å². The Balaban J connectivity index is 4.48. The van der Waals surface area contributed by atoms with Crippen molar-refractivity contribution in [2.24, 2.45) is 0 Å². The monoisotopic (exact) mass is 233 g/mol. The summed E-state index contributed by atoms with van der Waals surface area (Å²) < 4.78 is 9.01. The van der Waals surface area contributed by atoms with Gasteiger partial charge < -0.3 is 14.6 Å². The van der Waals surface area contributed by atoms with Crippen LogP contribution in [0.25, 0.3) is 0 Å². The zero-order valence-electron chi connectivity index (χ0n) is 9.57. The number of carbonyl (C=O) groups excluding carboxylic acids is 2. The molecule has 0 aromatic carbocycles. The van der Waals surface area contributed by atoms with E-state index in [9.17, 15) is 14.4 Å².